The maximum Gasteiger partial charge on any atom is 0.319 e. The first-order valence-corrected chi connectivity index (χ1v) is 8.49. The Balaban J connectivity index is 1.80. The molecule has 1 atom stereocenters. The van der Waals surface area contributed by atoms with Gasteiger partial charge in [0.1, 0.15) is 22.8 Å². The highest BCUT2D eigenvalue weighted by Gasteiger charge is 2.34. The molecule has 1 aliphatic rings. The number of hydrogen-bond donors (Lipinski definition) is 2. The van der Waals surface area contributed by atoms with Crippen LogP contribution in [0.2, 0.25) is 0 Å². The third kappa shape index (κ3) is 3.85. The molecule has 0 spiro atoms. The third-order valence-electron chi connectivity index (χ3n) is 4.34. The highest BCUT2D eigenvalue weighted by atomic mass is 16.5. The van der Waals surface area contributed by atoms with Crippen molar-refractivity contribution in [2.75, 3.05) is 19.5 Å². The minimum Gasteiger partial charge on any atom is -0.497 e. The lowest BCUT2D eigenvalue weighted by atomic mass is 9.89. The molecule has 0 saturated carbocycles. The van der Waals surface area contributed by atoms with Crippen LogP contribution in [-0.4, -0.2) is 25.9 Å². The summed E-state index contributed by atoms with van der Waals surface area (Å²) in [6, 6.07) is 12.5. The van der Waals surface area contributed by atoms with Gasteiger partial charge in [0.05, 0.1) is 25.9 Å². The number of nitrogens with one attached hydrogen (secondary N) is 2. The summed E-state index contributed by atoms with van der Waals surface area (Å²) < 4.78 is 16.6. The first kappa shape index (κ1) is 17.9. The van der Waals surface area contributed by atoms with E-state index in [0.717, 1.165) is 17.1 Å². The Morgan fingerprint density at radius 1 is 1.15 bits per heavy atom. The molecule has 1 aliphatic heterocycles. The molecule has 0 aromatic heterocycles. The van der Waals surface area contributed by atoms with Gasteiger partial charge in [-0.05, 0) is 38.1 Å². The molecule has 6 heteroatoms. The van der Waals surface area contributed by atoms with Crippen LogP contribution in [0, 0.1) is 0 Å². The van der Waals surface area contributed by atoms with Crippen LogP contribution in [-0.2, 0) is 0 Å². The molecule has 26 heavy (non-hydrogen) atoms. The minimum absolute atomic E-state index is 0.172. The summed E-state index contributed by atoms with van der Waals surface area (Å²) >= 11 is 0. The molecule has 2 N–H and O–H groups in total. The van der Waals surface area contributed by atoms with Crippen molar-refractivity contribution in [3.63, 3.8) is 0 Å². The Morgan fingerprint density at radius 3 is 2.65 bits per heavy atom. The number of ether oxygens (including phenoxy) is 3. The fraction of sp³-hybridized carbons (Fsp3) is 0.350. The summed E-state index contributed by atoms with van der Waals surface area (Å²) in [6.07, 6.45) is 0.658. The number of hydrogen-bond acceptors (Lipinski definition) is 4. The van der Waals surface area contributed by atoms with E-state index in [1.807, 2.05) is 44.2 Å². The van der Waals surface area contributed by atoms with Gasteiger partial charge in [0.2, 0.25) is 0 Å². The third-order valence-corrected chi connectivity index (χ3v) is 4.34. The van der Waals surface area contributed by atoms with Crippen molar-refractivity contribution >= 4 is 11.7 Å². The lowest BCUT2D eigenvalue weighted by molar-refractivity contribution is 0.0679. The molecule has 0 fully saturated rings. The van der Waals surface area contributed by atoms with Gasteiger partial charge in [-0.3, -0.25) is 0 Å². The summed E-state index contributed by atoms with van der Waals surface area (Å²) in [4.78, 5) is 12.5. The number of para-hydroxylation sites is 2. The van der Waals surface area contributed by atoms with E-state index < -0.39 is 5.60 Å². The highest BCUT2D eigenvalue weighted by Crippen LogP contribution is 2.41. The van der Waals surface area contributed by atoms with Crippen molar-refractivity contribution in [1.82, 2.24) is 5.32 Å². The maximum atomic E-state index is 12.5. The van der Waals surface area contributed by atoms with Gasteiger partial charge in [0.25, 0.3) is 0 Å². The van der Waals surface area contributed by atoms with E-state index in [1.54, 1.807) is 26.4 Å². The van der Waals surface area contributed by atoms with Crippen LogP contribution in [0.5, 0.6) is 17.2 Å². The number of amides is 2. The number of urea groups is 1. The van der Waals surface area contributed by atoms with Crippen molar-refractivity contribution < 1.29 is 19.0 Å². The maximum absolute atomic E-state index is 12.5. The molecule has 0 bridgehead atoms. The Kier molecular flexibility index (Phi) is 4.93. The summed E-state index contributed by atoms with van der Waals surface area (Å²) in [5.74, 6) is 2.06. The Labute approximate surface area is 153 Å². The topological polar surface area (TPSA) is 68.8 Å². The Hall–Kier alpha value is -2.89. The van der Waals surface area contributed by atoms with Gasteiger partial charge in [0.15, 0.2) is 0 Å². The lowest BCUT2D eigenvalue weighted by Crippen LogP contribution is -2.42. The number of benzene rings is 2. The first-order valence-electron chi connectivity index (χ1n) is 8.49. The fourth-order valence-corrected chi connectivity index (χ4v) is 3.15. The molecule has 3 rings (SSSR count). The standard InChI is InChI=1S/C20H24N2O4/c1-20(2)12-16(14-10-9-13(24-3)11-18(14)26-20)22-19(23)21-15-7-5-6-8-17(15)25-4/h5-11,16H,12H2,1-4H3,(H2,21,22,23)/t16-/m1/s1. The predicted molar refractivity (Wildman–Crippen MR) is 100 cm³/mol. The number of fused-ring (bicyclic) bond motifs is 1. The molecule has 0 radical (unpaired) electrons. The molecular weight excluding hydrogens is 332 g/mol. The Morgan fingerprint density at radius 2 is 1.92 bits per heavy atom. The smallest absolute Gasteiger partial charge is 0.319 e. The summed E-state index contributed by atoms with van der Waals surface area (Å²) in [7, 11) is 3.19. The molecule has 6 nitrogen and oxygen atoms in total. The zero-order chi connectivity index (χ0) is 18.7. The minimum atomic E-state index is -0.401. The molecule has 0 saturated heterocycles. The van der Waals surface area contributed by atoms with Crippen molar-refractivity contribution in [3.05, 3.63) is 48.0 Å². The van der Waals surface area contributed by atoms with Crippen molar-refractivity contribution in [1.29, 1.82) is 0 Å². The second-order valence-electron chi connectivity index (χ2n) is 6.82. The molecular formula is C20H24N2O4. The number of carbonyl (C=O) groups excluding carboxylic acids is 1. The van der Waals surface area contributed by atoms with E-state index in [9.17, 15) is 4.79 Å². The average molecular weight is 356 g/mol. The summed E-state index contributed by atoms with van der Waals surface area (Å²) in [5, 5.41) is 5.89. The summed E-state index contributed by atoms with van der Waals surface area (Å²) in [6.45, 7) is 4.00. The van der Waals surface area contributed by atoms with Crippen LogP contribution < -0.4 is 24.8 Å². The van der Waals surface area contributed by atoms with Gasteiger partial charge >= 0.3 is 6.03 Å². The van der Waals surface area contributed by atoms with Gasteiger partial charge in [0, 0.05) is 18.1 Å². The molecule has 0 aliphatic carbocycles. The molecule has 138 valence electrons. The quantitative estimate of drug-likeness (QED) is 0.864. The normalized spacial score (nSPS) is 17.5. The van der Waals surface area contributed by atoms with E-state index in [4.69, 9.17) is 14.2 Å². The van der Waals surface area contributed by atoms with Crippen LogP contribution in [0.15, 0.2) is 42.5 Å². The predicted octanol–water partition coefficient (Wildman–Crippen LogP) is 4.13. The van der Waals surface area contributed by atoms with Crippen molar-refractivity contribution in [2.24, 2.45) is 0 Å². The second-order valence-corrected chi connectivity index (χ2v) is 6.82. The van der Waals surface area contributed by atoms with E-state index in [0.29, 0.717) is 17.9 Å². The zero-order valence-electron chi connectivity index (χ0n) is 15.5. The van der Waals surface area contributed by atoms with E-state index >= 15 is 0 Å². The fourth-order valence-electron chi connectivity index (χ4n) is 3.15. The number of anilines is 1. The average Bonchev–Trinajstić information content (AvgIpc) is 2.60. The largest absolute Gasteiger partial charge is 0.497 e. The Bertz CT molecular complexity index is 804. The van der Waals surface area contributed by atoms with Crippen molar-refractivity contribution in [3.8, 4) is 17.2 Å². The van der Waals surface area contributed by atoms with Gasteiger partial charge < -0.3 is 24.8 Å². The van der Waals surface area contributed by atoms with E-state index in [2.05, 4.69) is 10.6 Å². The van der Waals surface area contributed by atoms with Crippen LogP contribution in [0.1, 0.15) is 31.9 Å². The van der Waals surface area contributed by atoms with Gasteiger partial charge in [-0.25, -0.2) is 4.79 Å². The second kappa shape index (κ2) is 7.15. The van der Waals surface area contributed by atoms with Crippen LogP contribution >= 0.6 is 0 Å². The van der Waals surface area contributed by atoms with Crippen LogP contribution in [0.3, 0.4) is 0 Å². The molecule has 2 amide bonds. The first-order chi connectivity index (χ1) is 12.4. The summed E-state index contributed by atoms with van der Waals surface area (Å²) in [5.41, 5.74) is 1.15. The monoisotopic (exact) mass is 356 g/mol. The highest BCUT2D eigenvalue weighted by molar-refractivity contribution is 5.91. The number of methoxy groups -OCH3 is 2. The SMILES string of the molecule is COc1ccc2c(c1)OC(C)(C)C[C@H]2NC(=O)Nc1ccccc1OC. The number of carbonyl (C=O) groups is 1. The van der Waals surface area contributed by atoms with Gasteiger partial charge in [-0.2, -0.15) is 0 Å². The molecule has 2 aromatic rings. The number of rotatable bonds is 4. The van der Waals surface area contributed by atoms with Gasteiger partial charge in [-0.1, -0.05) is 12.1 Å². The van der Waals surface area contributed by atoms with Crippen LogP contribution in [0.4, 0.5) is 10.5 Å². The molecule has 2 aromatic carbocycles. The molecule has 0 unspecified atom stereocenters. The van der Waals surface area contributed by atoms with E-state index in [-0.39, 0.29) is 12.1 Å². The molecule has 1 heterocycles. The van der Waals surface area contributed by atoms with E-state index in [1.165, 1.54) is 0 Å². The zero-order valence-corrected chi connectivity index (χ0v) is 15.5. The lowest BCUT2D eigenvalue weighted by Gasteiger charge is -2.38. The van der Waals surface area contributed by atoms with Gasteiger partial charge in [-0.15, -0.1) is 0 Å². The van der Waals surface area contributed by atoms with Crippen molar-refractivity contribution in [2.45, 2.75) is 31.9 Å². The van der Waals surface area contributed by atoms with Crippen LogP contribution in [0.25, 0.3) is 0 Å².